The molecule has 122 valence electrons. The van der Waals surface area contributed by atoms with Gasteiger partial charge in [-0.25, -0.2) is 4.68 Å². The molecule has 2 heterocycles. The molecular formula is C19H17ClN2O2. The van der Waals surface area contributed by atoms with Gasteiger partial charge in [0.2, 0.25) is 5.78 Å². The molecule has 0 unspecified atom stereocenters. The van der Waals surface area contributed by atoms with Crippen molar-refractivity contribution in [2.75, 3.05) is 0 Å². The van der Waals surface area contributed by atoms with Crippen molar-refractivity contribution < 1.29 is 9.21 Å². The van der Waals surface area contributed by atoms with Gasteiger partial charge in [0, 0.05) is 5.56 Å². The van der Waals surface area contributed by atoms with Crippen LogP contribution in [0.2, 0.25) is 5.15 Å². The lowest BCUT2D eigenvalue weighted by molar-refractivity contribution is 0.102. The number of aryl methyl sites for hydroxylation is 2. The number of rotatable bonds is 5. The Bertz CT molecular complexity index is 891. The van der Waals surface area contributed by atoms with Crippen LogP contribution in [0.5, 0.6) is 0 Å². The van der Waals surface area contributed by atoms with Crippen molar-refractivity contribution in [1.82, 2.24) is 9.78 Å². The molecule has 0 fully saturated rings. The molecule has 4 nitrogen and oxygen atoms in total. The topological polar surface area (TPSA) is 48.0 Å². The Hall–Kier alpha value is -2.59. The van der Waals surface area contributed by atoms with Gasteiger partial charge in [0.05, 0.1) is 12.2 Å². The Kier molecular flexibility index (Phi) is 4.67. The lowest BCUT2D eigenvalue weighted by atomic mass is 10.2. The van der Waals surface area contributed by atoms with E-state index in [9.17, 15) is 4.79 Å². The van der Waals surface area contributed by atoms with E-state index in [1.807, 2.05) is 37.3 Å². The lowest BCUT2D eigenvalue weighted by Crippen LogP contribution is -2.01. The van der Waals surface area contributed by atoms with Crippen molar-refractivity contribution in [1.29, 1.82) is 0 Å². The van der Waals surface area contributed by atoms with E-state index < -0.39 is 0 Å². The van der Waals surface area contributed by atoms with Crippen molar-refractivity contribution in [3.05, 3.63) is 82.0 Å². The average Bonchev–Trinajstić information content (AvgIpc) is 3.11. The van der Waals surface area contributed by atoms with E-state index in [0.717, 1.165) is 16.8 Å². The summed E-state index contributed by atoms with van der Waals surface area (Å²) < 4.78 is 7.05. The average molecular weight is 341 g/mol. The van der Waals surface area contributed by atoms with E-state index in [-0.39, 0.29) is 5.78 Å². The summed E-state index contributed by atoms with van der Waals surface area (Å²) in [7, 11) is 0. The molecule has 0 radical (unpaired) electrons. The van der Waals surface area contributed by atoms with Crippen LogP contribution in [0, 0.1) is 13.8 Å². The van der Waals surface area contributed by atoms with Crippen molar-refractivity contribution in [3.8, 4) is 0 Å². The molecule has 1 aromatic carbocycles. The van der Waals surface area contributed by atoms with Crippen molar-refractivity contribution in [3.63, 3.8) is 0 Å². The Balaban J connectivity index is 1.81. The minimum absolute atomic E-state index is 0.200. The van der Waals surface area contributed by atoms with Gasteiger partial charge in [0.25, 0.3) is 0 Å². The molecule has 0 atom stereocenters. The summed E-state index contributed by atoms with van der Waals surface area (Å²) in [5.41, 5.74) is 2.62. The summed E-state index contributed by atoms with van der Waals surface area (Å²) in [6, 6.07) is 13.4. The van der Waals surface area contributed by atoms with E-state index in [0.29, 0.717) is 23.2 Å². The summed E-state index contributed by atoms with van der Waals surface area (Å²) in [5.74, 6) is 0.820. The van der Waals surface area contributed by atoms with E-state index in [4.69, 9.17) is 16.0 Å². The number of nitrogens with zero attached hydrogens (tertiary/aromatic N) is 2. The molecule has 3 rings (SSSR count). The maximum atomic E-state index is 12.1. The zero-order chi connectivity index (χ0) is 17.1. The Morgan fingerprint density at radius 3 is 2.62 bits per heavy atom. The molecule has 0 spiro atoms. The minimum atomic E-state index is -0.200. The van der Waals surface area contributed by atoms with Gasteiger partial charge in [-0.2, -0.15) is 5.10 Å². The summed E-state index contributed by atoms with van der Waals surface area (Å²) in [6.07, 6.45) is 3.15. The Labute approximate surface area is 145 Å². The number of furan rings is 1. The second-order valence-corrected chi connectivity index (χ2v) is 5.90. The zero-order valence-electron chi connectivity index (χ0n) is 13.5. The van der Waals surface area contributed by atoms with Crippen LogP contribution in [0.15, 0.2) is 53.0 Å². The number of allylic oxidation sites excluding steroid dienone is 1. The normalized spacial score (nSPS) is 11.3. The summed E-state index contributed by atoms with van der Waals surface area (Å²) in [5, 5.41) is 4.97. The van der Waals surface area contributed by atoms with Gasteiger partial charge in [0.1, 0.15) is 10.9 Å². The Morgan fingerprint density at radius 1 is 1.21 bits per heavy atom. The molecule has 0 aliphatic rings. The van der Waals surface area contributed by atoms with Crippen LogP contribution in [0.1, 0.15) is 33.1 Å². The highest BCUT2D eigenvalue weighted by Gasteiger charge is 2.13. The molecule has 0 saturated heterocycles. The second-order valence-electron chi connectivity index (χ2n) is 5.54. The highest BCUT2D eigenvalue weighted by atomic mass is 35.5. The molecule has 3 aromatic rings. The molecular weight excluding hydrogens is 324 g/mol. The van der Waals surface area contributed by atoms with Gasteiger partial charge in [0.15, 0.2) is 5.76 Å². The molecule has 0 aliphatic carbocycles. The standard InChI is InChI=1S/C19H17ClN2O2/c1-13-8-11-18(24-13)17(23)10-9-16-14(2)21-22(19(16)20)12-15-6-4-3-5-7-15/h3-11H,12H2,1-2H3/b10-9+. The van der Waals surface area contributed by atoms with Crippen molar-refractivity contribution >= 4 is 23.5 Å². The highest BCUT2D eigenvalue weighted by Crippen LogP contribution is 2.22. The van der Waals surface area contributed by atoms with Crippen LogP contribution in [-0.2, 0) is 6.54 Å². The third-order valence-electron chi connectivity index (χ3n) is 3.67. The number of carbonyl (C=O) groups excluding carboxylic acids is 1. The molecule has 0 amide bonds. The number of halogens is 1. The van der Waals surface area contributed by atoms with Crippen LogP contribution in [0.3, 0.4) is 0 Å². The quantitative estimate of drug-likeness (QED) is 0.500. The van der Waals surface area contributed by atoms with Crippen LogP contribution < -0.4 is 0 Å². The number of ketones is 1. The van der Waals surface area contributed by atoms with Gasteiger partial charge >= 0.3 is 0 Å². The summed E-state index contributed by atoms with van der Waals surface area (Å²) in [6.45, 7) is 4.25. The summed E-state index contributed by atoms with van der Waals surface area (Å²) in [4.78, 5) is 12.1. The fourth-order valence-corrected chi connectivity index (χ4v) is 2.72. The highest BCUT2D eigenvalue weighted by molar-refractivity contribution is 6.31. The smallest absolute Gasteiger partial charge is 0.221 e. The SMILES string of the molecule is Cc1ccc(C(=O)/C=C/c2c(C)nn(Cc3ccccc3)c2Cl)o1. The van der Waals surface area contributed by atoms with Crippen molar-refractivity contribution in [2.24, 2.45) is 0 Å². The number of carbonyl (C=O) groups is 1. The maximum Gasteiger partial charge on any atom is 0.221 e. The van der Waals surface area contributed by atoms with Gasteiger partial charge < -0.3 is 4.42 Å². The fourth-order valence-electron chi connectivity index (χ4n) is 2.43. The number of hydrogen-bond donors (Lipinski definition) is 0. The first-order chi connectivity index (χ1) is 11.5. The molecule has 0 aliphatic heterocycles. The first kappa shape index (κ1) is 16.3. The number of aromatic nitrogens is 2. The van der Waals surface area contributed by atoms with Gasteiger partial charge in [-0.3, -0.25) is 4.79 Å². The van der Waals surface area contributed by atoms with E-state index in [1.54, 1.807) is 29.8 Å². The third-order valence-corrected chi connectivity index (χ3v) is 4.07. The van der Waals surface area contributed by atoms with E-state index in [2.05, 4.69) is 5.10 Å². The Morgan fingerprint density at radius 2 is 1.96 bits per heavy atom. The molecule has 0 saturated carbocycles. The molecule has 5 heteroatoms. The predicted molar refractivity (Wildman–Crippen MR) is 94.3 cm³/mol. The minimum Gasteiger partial charge on any atom is -0.458 e. The van der Waals surface area contributed by atoms with Gasteiger partial charge in [-0.15, -0.1) is 0 Å². The van der Waals surface area contributed by atoms with Crippen LogP contribution in [0.4, 0.5) is 0 Å². The molecule has 0 N–H and O–H groups in total. The predicted octanol–water partition coefficient (Wildman–Crippen LogP) is 4.69. The second kappa shape index (κ2) is 6.89. The van der Waals surface area contributed by atoms with Crippen LogP contribution in [-0.4, -0.2) is 15.6 Å². The zero-order valence-corrected chi connectivity index (χ0v) is 14.2. The molecule has 24 heavy (non-hydrogen) atoms. The third kappa shape index (κ3) is 3.49. The van der Waals surface area contributed by atoms with Crippen LogP contribution in [0.25, 0.3) is 6.08 Å². The monoisotopic (exact) mass is 340 g/mol. The maximum absolute atomic E-state index is 12.1. The summed E-state index contributed by atoms with van der Waals surface area (Å²) >= 11 is 6.43. The molecule has 0 bridgehead atoms. The molecule has 2 aromatic heterocycles. The van der Waals surface area contributed by atoms with Gasteiger partial charge in [-0.05, 0) is 43.7 Å². The first-order valence-electron chi connectivity index (χ1n) is 7.60. The number of hydrogen-bond acceptors (Lipinski definition) is 3. The largest absolute Gasteiger partial charge is 0.458 e. The first-order valence-corrected chi connectivity index (χ1v) is 7.98. The van der Waals surface area contributed by atoms with Gasteiger partial charge in [-0.1, -0.05) is 41.9 Å². The van der Waals surface area contributed by atoms with Crippen molar-refractivity contribution in [2.45, 2.75) is 20.4 Å². The fraction of sp³-hybridized carbons (Fsp3) is 0.158. The van der Waals surface area contributed by atoms with E-state index in [1.165, 1.54) is 6.08 Å². The number of benzene rings is 1. The lowest BCUT2D eigenvalue weighted by Gasteiger charge is -2.03. The van der Waals surface area contributed by atoms with E-state index >= 15 is 0 Å². The van der Waals surface area contributed by atoms with Crippen LogP contribution >= 0.6 is 11.6 Å².